The normalized spacial score (nSPS) is 13.9. The van der Waals surface area contributed by atoms with Gasteiger partial charge in [-0.2, -0.15) is 0 Å². The Kier molecular flexibility index (Phi) is 9.39. The maximum Gasteiger partial charge on any atom is 1.00 e. The largest absolute Gasteiger partial charge is 1.00 e. The van der Waals surface area contributed by atoms with Crippen molar-refractivity contribution in [1.29, 1.82) is 0 Å². The number of hydrogen-bond donors (Lipinski definition) is 1. The maximum absolute atomic E-state index is 11.6. The number of hydrogen-bond acceptors (Lipinski definition) is 1. The van der Waals surface area contributed by atoms with E-state index in [4.69, 9.17) is 0 Å². The van der Waals surface area contributed by atoms with E-state index in [9.17, 15) is 12.9 Å². The van der Waals surface area contributed by atoms with Crippen LogP contribution < -0.4 is 56.7 Å². The minimum Gasteiger partial charge on any atom is -0.448 e. The van der Waals surface area contributed by atoms with Crippen molar-refractivity contribution < 1.29 is 64.3 Å². The van der Waals surface area contributed by atoms with Gasteiger partial charge in [-0.3, -0.25) is 0 Å². The average Bonchev–Trinajstić information content (AvgIpc) is 1.81. The van der Waals surface area contributed by atoms with Crippen molar-refractivity contribution in [2.24, 2.45) is 0 Å². The molecule has 0 aromatic carbocycles. The number of rotatable bonds is 4. The monoisotopic (exact) mass is 193 g/mol. The first kappa shape index (κ1) is 14.9. The molecule has 0 amide bonds. The molecule has 6 heteroatoms. The quantitative estimate of drug-likeness (QED) is 0.551. The van der Waals surface area contributed by atoms with Crippen LogP contribution in [0.2, 0.25) is 0 Å². The van der Waals surface area contributed by atoms with Crippen molar-refractivity contribution in [2.75, 3.05) is 6.44 Å². The van der Waals surface area contributed by atoms with Crippen molar-refractivity contribution in [3.05, 3.63) is 0 Å². The summed E-state index contributed by atoms with van der Waals surface area (Å²) in [7, 11) is 0. The first-order chi connectivity index (χ1) is 4.45. The maximum atomic E-state index is 11.6. The molecular weight excluding hydrogens is 181 g/mol. The van der Waals surface area contributed by atoms with Gasteiger partial charge in [-0.05, 0) is 19.8 Å². The van der Waals surface area contributed by atoms with Crippen molar-refractivity contribution in [1.82, 2.24) is 5.32 Å². The summed E-state index contributed by atoms with van der Waals surface area (Å²) in [5.41, 5.74) is 0. The third kappa shape index (κ3) is 11.5. The second kappa shape index (κ2) is 6.91. The van der Waals surface area contributed by atoms with Crippen LogP contribution >= 0.6 is 0 Å². The molecule has 1 atom stereocenters. The molecule has 11 heavy (non-hydrogen) atoms. The van der Waals surface area contributed by atoms with Gasteiger partial charge >= 0.3 is 58.4 Å². The van der Waals surface area contributed by atoms with Crippen LogP contribution in [0, 0.1) is 0 Å². The molecule has 0 spiro atoms. The van der Waals surface area contributed by atoms with Gasteiger partial charge in [0.1, 0.15) is 0 Å². The molecule has 0 fully saturated rings. The predicted octanol–water partition coefficient (Wildman–Crippen LogP) is -1.23. The standard InChI is InChI=1S/C5H12BF3N.K/c1-3-5(2)10-4-6(7,8)9;/h5,10H,3-4H2,1-2H3;/q-1;+1. The van der Waals surface area contributed by atoms with Gasteiger partial charge in [0.2, 0.25) is 0 Å². The van der Waals surface area contributed by atoms with E-state index in [-0.39, 0.29) is 57.4 Å². The van der Waals surface area contributed by atoms with Gasteiger partial charge in [-0.15, -0.1) is 0 Å². The van der Waals surface area contributed by atoms with Crippen LogP contribution in [0.15, 0.2) is 0 Å². The van der Waals surface area contributed by atoms with E-state index in [1.165, 1.54) is 0 Å². The van der Waals surface area contributed by atoms with E-state index in [2.05, 4.69) is 5.32 Å². The summed E-state index contributed by atoms with van der Waals surface area (Å²) in [6, 6.07) is -0.0384. The summed E-state index contributed by atoms with van der Waals surface area (Å²) in [6.45, 7) is -1.06. The fourth-order valence-electron chi connectivity index (χ4n) is 0.479. The first-order valence-corrected chi connectivity index (χ1v) is 3.40. The van der Waals surface area contributed by atoms with Gasteiger partial charge in [-0.1, -0.05) is 6.92 Å². The number of nitrogens with one attached hydrogen (secondary N) is 1. The van der Waals surface area contributed by atoms with Gasteiger partial charge in [-0.25, -0.2) is 0 Å². The molecule has 0 saturated heterocycles. The van der Waals surface area contributed by atoms with Crippen LogP contribution in [0.4, 0.5) is 12.9 Å². The third-order valence-electron chi connectivity index (χ3n) is 1.31. The van der Waals surface area contributed by atoms with E-state index in [1.54, 1.807) is 6.92 Å². The van der Waals surface area contributed by atoms with Gasteiger partial charge in [0.05, 0.1) is 0 Å². The predicted molar refractivity (Wildman–Crippen MR) is 36.8 cm³/mol. The fourth-order valence-corrected chi connectivity index (χ4v) is 0.479. The fraction of sp³-hybridized carbons (Fsp3) is 1.00. The molecule has 0 heterocycles. The molecule has 0 radical (unpaired) electrons. The number of halogens is 3. The molecular formula is C5H12BF3KN. The van der Waals surface area contributed by atoms with Crippen LogP contribution in [0.3, 0.4) is 0 Å². The Balaban J connectivity index is 0. The molecule has 1 nitrogen and oxygen atoms in total. The molecule has 0 rings (SSSR count). The van der Waals surface area contributed by atoms with E-state index in [0.29, 0.717) is 0 Å². The molecule has 0 bridgehead atoms. The summed E-state index contributed by atoms with van der Waals surface area (Å²) in [6.07, 6.45) is -0.0961. The van der Waals surface area contributed by atoms with Gasteiger partial charge in [0, 0.05) is 6.04 Å². The molecule has 0 aliphatic rings. The summed E-state index contributed by atoms with van der Waals surface area (Å²) >= 11 is 0. The molecule has 0 aliphatic carbocycles. The Bertz CT molecular complexity index is 98.2. The van der Waals surface area contributed by atoms with E-state index < -0.39 is 13.4 Å². The molecule has 1 N–H and O–H groups in total. The zero-order valence-corrected chi connectivity index (χ0v) is 10.3. The van der Waals surface area contributed by atoms with Crippen LogP contribution in [-0.4, -0.2) is 19.5 Å². The van der Waals surface area contributed by atoms with Crippen LogP contribution in [0.5, 0.6) is 0 Å². The summed E-state index contributed by atoms with van der Waals surface area (Å²) in [5, 5.41) is 2.38. The van der Waals surface area contributed by atoms with Gasteiger partial charge in [0.15, 0.2) is 0 Å². The Morgan fingerprint density at radius 2 is 1.82 bits per heavy atom. The van der Waals surface area contributed by atoms with Crippen LogP contribution in [0.1, 0.15) is 20.3 Å². The van der Waals surface area contributed by atoms with E-state index in [0.717, 1.165) is 6.42 Å². The average molecular weight is 193 g/mol. The van der Waals surface area contributed by atoms with Crippen molar-refractivity contribution in [3.63, 3.8) is 0 Å². The zero-order chi connectivity index (χ0) is 8.20. The topological polar surface area (TPSA) is 12.0 Å². The molecule has 0 aliphatic heterocycles. The summed E-state index contributed by atoms with van der Waals surface area (Å²) in [4.78, 5) is 0. The molecule has 0 saturated carbocycles. The minimum atomic E-state index is -4.65. The Hall–Kier alpha value is 1.45. The second-order valence-corrected chi connectivity index (χ2v) is 2.43. The van der Waals surface area contributed by atoms with Crippen LogP contribution in [-0.2, 0) is 0 Å². The zero-order valence-electron chi connectivity index (χ0n) is 7.20. The SMILES string of the molecule is CCC(C)NC[B-](F)(F)F.[K+]. The summed E-state index contributed by atoms with van der Waals surface area (Å²) in [5.74, 6) is 0. The van der Waals surface area contributed by atoms with Crippen molar-refractivity contribution in [2.45, 2.75) is 26.3 Å². The molecule has 0 aromatic heterocycles. The Labute approximate surface area is 108 Å². The van der Waals surface area contributed by atoms with Crippen LogP contribution in [0.25, 0.3) is 0 Å². The van der Waals surface area contributed by atoms with E-state index in [1.807, 2.05) is 6.92 Å². The Morgan fingerprint density at radius 1 is 1.36 bits per heavy atom. The van der Waals surface area contributed by atoms with E-state index >= 15 is 0 Å². The molecule has 62 valence electrons. The molecule has 1 unspecified atom stereocenters. The third-order valence-corrected chi connectivity index (χ3v) is 1.31. The summed E-state index contributed by atoms with van der Waals surface area (Å²) < 4.78 is 34.7. The minimum absolute atomic E-state index is 0. The second-order valence-electron chi connectivity index (χ2n) is 2.43. The Morgan fingerprint density at radius 3 is 2.09 bits per heavy atom. The van der Waals surface area contributed by atoms with Gasteiger partial charge in [0.25, 0.3) is 0 Å². The first-order valence-electron chi connectivity index (χ1n) is 3.40. The van der Waals surface area contributed by atoms with Crippen molar-refractivity contribution in [3.8, 4) is 0 Å². The molecule has 0 aromatic rings. The van der Waals surface area contributed by atoms with Crippen molar-refractivity contribution >= 4 is 6.98 Å². The smallest absolute Gasteiger partial charge is 0.448 e. The van der Waals surface area contributed by atoms with Gasteiger partial charge < -0.3 is 18.3 Å².